The Morgan fingerprint density at radius 3 is 2.61 bits per heavy atom. The van der Waals surface area contributed by atoms with Crippen molar-refractivity contribution < 1.29 is 19.0 Å². The number of nitriles is 1. The minimum Gasteiger partial charge on any atom is -0.487 e. The van der Waals surface area contributed by atoms with Crippen molar-refractivity contribution in [3.05, 3.63) is 58.2 Å². The number of esters is 1. The van der Waals surface area contributed by atoms with Gasteiger partial charge in [-0.1, -0.05) is 31.5 Å². The lowest BCUT2D eigenvalue weighted by Crippen LogP contribution is -2.13. The lowest BCUT2D eigenvalue weighted by molar-refractivity contribution is 0.0525. The summed E-state index contributed by atoms with van der Waals surface area (Å²) >= 11 is 3.53. The molecule has 0 saturated heterocycles. The molecule has 0 aliphatic carbocycles. The smallest absolute Gasteiger partial charge is 0.340 e. The first-order valence-electron chi connectivity index (χ1n) is 10.3. The Bertz CT molecular complexity index is 1090. The van der Waals surface area contributed by atoms with Crippen LogP contribution in [0.4, 0.5) is 0 Å². The third-order valence-corrected chi connectivity index (χ3v) is 5.47. The van der Waals surface area contributed by atoms with Gasteiger partial charge in [0.2, 0.25) is 0 Å². The summed E-state index contributed by atoms with van der Waals surface area (Å²) < 4.78 is 19.8. The number of unbranched alkanes of at least 4 members (excludes halogenated alkanes) is 1. The first-order valence-corrected chi connectivity index (χ1v) is 11.1. The van der Waals surface area contributed by atoms with E-state index in [0.29, 0.717) is 11.3 Å². The van der Waals surface area contributed by atoms with Gasteiger partial charge in [0.25, 0.3) is 0 Å². The summed E-state index contributed by atoms with van der Waals surface area (Å²) in [5.41, 5.74) is 2.12. The number of fused-ring (bicyclic) bond motifs is 1. The lowest BCUT2D eigenvalue weighted by Gasteiger charge is -2.13. The molecule has 31 heavy (non-hydrogen) atoms. The van der Waals surface area contributed by atoms with Crippen molar-refractivity contribution in [3.8, 4) is 17.6 Å². The minimum absolute atomic E-state index is 0.0840. The Hall–Kier alpha value is -2.98. The highest BCUT2D eigenvalue weighted by Gasteiger charge is 2.25. The molecule has 0 atom stereocenters. The summed E-state index contributed by atoms with van der Waals surface area (Å²) in [6, 6.07) is 15.2. The number of aromatic nitrogens is 1. The summed E-state index contributed by atoms with van der Waals surface area (Å²) in [6.07, 6.45) is 1.96. The zero-order valence-electron chi connectivity index (χ0n) is 17.7. The molecule has 0 aliphatic heterocycles. The number of aryl methyl sites for hydroxylation is 1. The maximum absolute atomic E-state index is 13.0. The monoisotopic (exact) mass is 484 g/mol. The van der Waals surface area contributed by atoms with Crippen LogP contribution >= 0.6 is 15.9 Å². The second-order valence-corrected chi connectivity index (χ2v) is 7.75. The van der Waals surface area contributed by atoms with Gasteiger partial charge in [-0.05, 0) is 53.5 Å². The number of halogens is 1. The molecule has 3 aromatic rings. The van der Waals surface area contributed by atoms with Gasteiger partial charge in [-0.2, -0.15) is 5.26 Å². The Morgan fingerprint density at radius 2 is 1.94 bits per heavy atom. The van der Waals surface area contributed by atoms with Gasteiger partial charge in [0, 0.05) is 11.9 Å². The van der Waals surface area contributed by atoms with Crippen molar-refractivity contribution in [2.24, 2.45) is 0 Å². The number of ether oxygens (including phenoxy) is 3. The summed E-state index contributed by atoms with van der Waals surface area (Å²) in [4.78, 5) is 13.0. The molecule has 0 N–H and O–H groups in total. The Kier molecular flexibility index (Phi) is 7.96. The summed E-state index contributed by atoms with van der Waals surface area (Å²) in [6.45, 7) is 5.06. The quantitative estimate of drug-likeness (QED) is 0.336. The molecule has 7 heteroatoms. The highest BCUT2D eigenvalue weighted by Crippen LogP contribution is 2.36. The number of nitrogens with zero attached hydrogens (tertiary/aromatic N) is 2. The van der Waals surface area contributed by atoms with Gasteiger partial charge in [0.1, 0.15) is 24.2 Å². The van der Waals surface area contributed by atoms with Crippen LogP contribution in [0.15, 0.2) is 46.9 Å². The van der Waals surface area contributed by atoms with Crippen molar-refractivity contribution >= 4 is 32.8 Å². The van der Waals surface area contributed by atoms with Crippen molar-refractivity contribution in [2.45, 2.75) is 39.8 Å². The predicted molar refractivity (Wildman–Crippen MR) is 122 cm³/mol. The SMILES string of the molecule is CCCCn1c(COc2ccccc2)c(C(=O)OCC)c2cc(OCC#N)c(Br)cc21. The first kappa shape index (κ1) is 22.7. The van der Waals surface area contributed by atoms with Crippen LogP contribution < -0.4 is 9.47 Å². The number of para-hydroxylation sites is 1. The van der Waals surface area contributed by atoms with Crippen LogP contribution in [0.5, 0.6) is 11.5 Å². The second kappa shape index (κ2) is 10.9. The number of hydrogen-bond donors (Lipinski definition) is 0. The Labute approximate surface area is 190 Å². The molecule has 0 aliphatic rings. The molecule has 0 saturated carbocycles. The normalized spacial score (nSPS) is 10.6. The fourth-order valence-corrected chi connectivity index (χ4v) is 3.89. The molecule has 0 unspecified atom stereocenters. The summed E-state index contributed by atoms with van der Waals surface area (Å²) in [5.74, 6) is 0.828. The maximum Gasteiger partial charge on any atom is 0.340 e. The Balaban J connectivity index is 2.16. The minimum atomic E-state index is -0.400. The molecule has 0 spiro atoms. The third kappa shape index (κ3) is 5.20. The number of hydrogen-bond acceptors (Lipinski definition) is 5. The Morgan fingerprint density at radius 1 is 1.16 bits per heavy atom. The molecular weight excluding hydrogens is 460 g/mol. The predicted octanol–water partition coefficient (Wildman–Crippen LogP) is 5.86. The standard InChI is InChI=1S/C24H25BrN2O4/c1-3-5-12-27-20-15-19(25)22(30-13-11-26)14-18(20)23(24(28)29-4-2)21(27)16-31-17-9-7-6-8-10-17/h6-10,14-15H,3-5,12-13,16H2,1-2H3. The van der Waals surface area contributed by atoms with Crippen LogP contribution in [0.1, 0.15) is 42.7 Å². The average molecular weight is 485 g/mol. The highest BCUT2D eigenvalue weighted by atomic mass is 79.9. The molecule has 2 aromatic carbocycles. The molecule has 1 aromatic heterocycles. The molecule has 0 radical (unpaired) electrons. The molecule has 0 bridgehead atoms. The van der Waals surface area contributed by atoms with Crippen molar-refractivity contribution in [1.82, 2.24) is 4.57 Å². The molecule has 0 amide bonds. The topological polar surface area (TPSA) is 73.5 Å². The van der Waals surface area contributed by atoms with Crippen LogP contribution in [0.2, 0.25) is 0 Å². The number of rotatable bonds is 10. The summed E-state index contributed by atoms with van der Waals surface area (Å²) in [7, 11) is 0. The van der Waals surface area contributed by atoms with Crippen LogP contribution in [-0.2, 0) is 17.9 Å². The first-order chi connectivity index (χ1) is 15.1. The van der Waals surface area contributed by atoms with Gasteiger partial charge in [0.15, 0.2) is 6.61 Å². The van der Waals surface area contributed by atoms with Crippen molar-refractivity contribution in [2.75, 3.05) is 13.2 Å². The van der Waals surface area contributed by atoms with Crippen LogP contribution in [0.25, 0.3) is 10.9 Å². The lowest BCUT2D eigenvalue weighted by atomic mass is 10.1. The maximum atomic E-state index is 13.0. The van der Waals surface area contributed by atoms with Crippen molar-refractivity contribution in [3.63, 3.8) is 0 Å². The van der Waals surface area contributed by atoms with Gasteiger partial charge in [-0.15, -0.1) is 0 Å². The molecule has 162 valence electrons. The van der Waals surface area contributed by atoms with E-state index in [4.69, 9.17) is 19.5 Å². The second-order valence-electron chi connectivity index (χ2n) is 6.90. The van der Waals surface area contributed by atoms with E-state index in [2.05, 4.69) is 27.4 Å². The van der Waals surface area contributed by atoms with E-state index in [9.17, 15) is 4.79 Å². The van der Waals surface area contributed by atoms with Crippen molar-refractivity contribution in [1.29, 1.82) is 5.26 Å². The van der Waals surface area contributed by atoms with Gasteiger partial charge < -0.3 is 18.8 Å². The highest BCUT2D eigenvalue weighted by molar-refractivity contribution is 9.10. The summed E-state index contributed by atoms with van der Waals surface area (Å²) in [5, 5.41) is 9.60. The largest absolute Gasteiger partial charge is 0.487 e. The number of benzene rings is 2. The van der Waals surface area contributed by atoms with Gasteiger partial charge >= 0.3 is 5.97 Å². The van der Waals surface area contributed by atoms with Gasteiger partial charge in [0.05, 0.1) is 27.9 Å². The van der Waals surface area contributed by atoms with E-state index in [1.165, 1.54) is 0 Å². The van der Waals surface area contributed by atoms with E-state index in [1.807, 2.05) is 42.5 Å². The van der Waals surface area contributed by atoms with E-state index in [-0.39, 0.29) is 19.8 Å². The van der Waals surface area contributed by atoms with E-state index in [1.54, 1.807) is 13.0 Å². The number of carbonyl (C=O) groups excluding carboxylic acids is 1. The molecule has 3 rings (SSSR count). The fourth-order valence-electron chi connectivity index (χ4n) is 3.44. The molecule has 6 nitrogen and oxygen atoms in total. The zero-order valence-corrected chi connectivity index (χ0v) is 19.3. The van der Waals surface area contributed by atoms with E-state index in [0.717, 1.165) is 46.2 Å². The van der Waals surface area contributed by atoms with E-state index < -0.39 is 5.97 Å². The fraction of sp³-hybridized carbons (Fsp3) is 0.333. The van der Waals surface area contributed by atoms with Gasteiger partial charge in [-0.3, -0.25) is 0 Å². The third-order valence-electron chi connectivity index (χ3n) is 4.85. The molecule has 1 heterocycles. The van der Waals surface area contributed by atoms with E-state index >= 15 is 0 Å². The van der Waals surface area contributed by atoms with Crippen LogP contribution in [-0.4, -0.2) is 23.8 Å². The van der Waals surface area contributed by atoms with Crippen LogP contribution in [0.3, 0.4) is 0 Å². The average Bonchev–Trinajstić information content (AvgIpc) is 3.07. The van der Waals surface area contributed by atoms with Crippen LogP contribution in [0, 0.1) is 11.3 Å². The molecule has 0 fully saturated rings. The molecular formula is C24H25BrN2O4. The number of carbonyl (C=O) groups is 1. The zero-order chi connectivity index (χ0) is 22.2. The van der Waals surface area contributed by atoms with Gasteiger partial charge in [-0.25, -0.2) is 4.79 Å².